The molecule has 196 valence electrons. The van der Waals surface area contributed by atoms with E-state index >= 15 is 4.39 Å². The molecule has 2 aromatic carbocycles. The van der Waals surface area contributed by atoms with Crippen LogP contribution < -0.4 is 10.0 Å². The first kappa shape index (κ1) is 25.1. The van der Waals surface area contributed by atoms with E-state index in [1.165, 1.54) is 18.6 Å². The van der Waals surface area contributed by atoms with Crippen LogP contribution in [0.3, 0.4) is 0 Å². The van der Waals surface area contributed by atoms with Crippen molar-refractivity contribution in [2.24, 2.45) is 0 Å². The number of halogens is 3. The van der Waals surface area contributed by atoms with Crippen LogP contribution in [-0.4, -0.2) is 32.9 Å². The minimum Gasteiger partial charge on any atom is -0.333 e. The molecule has 6 aromatic rings. The highest BCUT2D eigenvalue weighted by Gasteiger charge is 2.24. The van der Waals surface area contributed by atoms with Crippen LogP contribution in [-0.2, 0) is 10.0 Å². The van der Waals surface area contributed by atoms with Crippen LogP contribution in [0.15, 0.2) is 70.8 Å². The third-order valence-corrected chi connectivity index (χ3v) is 9.55. The highest BCUT2D eigenvalue weighted by atomic mass is 35.5. The largest absolute Gasteiger partial charge is 0.333 e. The second-order valence-electron chi connectivity index (χ2n) is 8.37. The number of fused-ring (bicyclic) bond motifs is 2. The quantitative estimate of drug-likeness (QED) is 0.239. The molecule has 0 atom stereocenters. The van der Waals surface area contributed by atoms with Crippen LogP contribution >= 0.6 is 22.9 Å². The summed E-state index contributed by atoms with van der Waals surface area (Å²) in [6.45, 7) is 1.54. The molecule has 0 radical (unpaired) electrons. The van der Waals surface area contributed by atoms with Crippen molar-refractivity contribution in [3.63, 3.8) is 0 Å². The van der Waals surface area contributed by atoms with Crippen molar-refractivity contribution in [2.45, 2.75) is 11.1 Å². The highest BCUT2D eigenvalue weighted by molar-refractivity contribution is 7.94. The number of imidazole rings is 1. The number of nitrogens with zero attached hydrogens (tertiary/aromatic N) is 5. The number of thiophene rings is 1. The van der Waals surface area contributed by atoms with E-state index in [9.17, 15) is 12.8 Å². The Labute approximate surface area is 229 Å². The molecule has 0 unspecified atom stereocenters. The summed E-state index contributed by atoms with van der Waals surface area (Å²) in [5, 5.41) is 4.37. The summed E-state index contributed by atoms with van der Waals surface area (Å²) in [6.07, 6.45) is 2.84. The van der Waals surface area contributed by atoms with Gasteiger partial charge in [-0.25, -0.2) is 37.1 Å². The van der Waals surface area contributed by atoms with Crippen LogP contribution in [0.2, 0.25) is 5.02 Å². The van der Waals surface area contributed by atoms with Gasteiger partial charge >= 0.3 is 0 Å². The van der Waals surface area contributed by atoms with E-state index in [0.29, 0.717) is 16.9 Å². The van der Waals surface area contributed by atoms with Gasteiger partial charge < -0.3 is 5.32 Å². The zero-order chi connectivity index (χ0) is 27.3. The smallest absolute Gasteiger partial charge is 0.271 e. The van der Waals surface area contributed by atoms with Gasteiger partial charge in [0.25, 0.3) is 10.0 Å². The molecule has 0 aliphatic rings. The second-order valence-corrected chi connectivity index (χ2v) is 11.5. The van der Waals surface area contributed by atoms with Crippen molar-refractivity contribution in [1.29, 1.82) is 0 Å². The van der Waals surface area contributed by atoms with Crippen LogP contribution in [0, 0.1) is 18.6 Å². The Balaban J connectivity index is 1.39. The molecule has 0 aliphatic carbocycles. The van der Waals surface area contributed by atoms with E-state index in [4.69, 9.17) is 11.6 Å². The van der Waals surface area contributed by atoms with Gasteiger partial charge in [-0.3, -0.25) is 9.29 Å². The maximum atomic E-state index is 15.5. The number of pyridine rings is 1. The van der Waals surface area contributed by atoms with E-state index in [-0.39, 0.29) is 20.6 Å². The number of hydrogen-bond acceptors (Lipinski definition) is 8. The molecule has 14 heteroatoms. The van der Waals surface area contributed by atoms with Gasteiger partial charge in [0.05, 0.1) is 27.3 Å². The van der Waals surface area contributed by atoms with Gasteiger partial charge in [0.15, 0.2) is 11.6 Å². The van der Waals surface area contributed by atoms with Gasteiger partial charge in [0, 0.05) is 5.38 Å². The summed E-state index contributed by atoms with van der Waals surface area (Å²) in [6, 6.07) is 12.9. The number of para-hydroxylation sites is 2. The lowest BCUT2D eigenvalue weighted by Crippen LogP contribution is -2.14. The molecule has 0 fully saturated rings. The summed E-state index contributed by atoms with van der Waals surface area (Å²) < 4.78 is 60.0. The lowest BCUT2D eigenvalue weighted by atomic mass is 10.2. The van der Waals surface area contributed by atoms with Crippen molar-refractivity contribution in [3.8, 4) is 5.82 Å². The van der Waals surface area contributed by atoms with E-state index < -0.39 is 33.0 Å². The minimum absolute atomic E-state index is 0.0185. The molecule has 2 N–H and O–H groups in total. The Hall–Kier alpha value is -4.20. The van der Waals surface area contributed by atoms with Crippen LogP contribution in [0.1, 0.15) is 5.56 Å². The van der Waals surface area contributed by atoms with Crippen molar-refractivity contribution in [3.05, 3.63) is 88.8 Å². The number of nitrogens with one attached hydrogen (secondary N) is 2. The molecule has 4 aromatic heterocycles. The van der Waals surface area contributed by atoms with Crippen LogP contribution in [0.4, 0.5) is 26.0 Å². The minimum atomic E-state index is -4.18. The highest BCUT2D eigenvalue weighted by Crippen LogP contribution is 2.34. The standard InChI is InChI=1S/C25H16ClF2N7O2S2/c1-13-14(26)10-38-25(13)39(36,37)34-17-7-6-15(27)22(21(17)28)33-24-23-18(29-11-30-24)8-9-20(32-23)35-12-31-16-4-2-3-5-19(16)35/h2-12,34H,1H3,(H,29,30,33). The first-order valence-corrected chi connectivity index (χ1v) is 14.0. The van der Waals surface area contributed by atoms with Gasteiger partial charge in [0.2, 0.25) is 0 Å². The normalized spacial score (nSPS) is 11.8. The predicted molar refractivity (Wildman–Crippen MR) is 146 cm³/mol. The van der Waals surface area contributed by atoms with Gasteiger partial charge in [-0.05, 0) is 48.9 Å². The summed E-state index contributed by atoms with van der Waals surface area (Å²) in [5.74, 6) is -1.62. The molecule has 9 nitrogen and oxygen atoms in total. The fourth-order valence-corrected chi connectivity index (χ4v) is 6.84. The van der Waals surface area contributed by atoms with Gasteiger partial charge in [-0.1, -0.05) is 23.7 Å². The van der Waals surface area contributed by atoms with Gasteiger partial charge in [-0.15, -0.1) is 11.3 Å². The molecule has 0 saturated heterocycles. The molecular weight excluding hydrogens is 568 g/mol. The number of aromatic nitrogens is 5. The van der Waals surface area contributed by atoms with Crippen molar-refractivity contribution < 1.29 is 17.2 Å². The molecule has 0 spiro atoms. The first-order valence-electron chi connectivity index (χ1n) is 11.3. The molecular formula is C25H16ClF2N7O2S2. The Morgan fingerprint density at radius 1 is 1.00 bits per heavy atom. The van der Waals surface area contributed by atoms with Crippen molar-refractivity contribution >= 4 is 72.2 Å². The molecule has 4 heterocycles. The Morgan fingerprint density at radius 3 is 2.62 bits per heavy atom. The average molecular weight is 584 g/mol. The SMILES string of the molecule is Cc1c(Cl)csc1S(=O)(=O)Nc1ccc(F)c(Nc2ncnc3ccc(-n4cnc5ccccc54)nc23)c1F. The van der Waals surface area contributed by atoms with E-state index in [0.717, 1.165) is 34.5 Å². The zero-order valence-electron chi connectivity index (χ0n) is 19.9. The van der Waals surface area contributed by atoms with Gasteiger partial charge in [-0.2, -0.15) is 0 Å². The summed E-state index contributed by atoms with van der Waals surface area (Å²) in [5.41, 5.74) is 1.50. The number of rotatable bonds is 6. The van der Waals surface area contributed by atoms with Crippen molar-refractivity contribution in [2.75, 3.05) is 10.0 Å². The maximum Gasteiger partial charge on any atom is 0.271 e. The average Bonchev–Trinajstić information content (AvgIpc) is 3.51. The van der Waals surface area contributed by atoms with E-state index in [1.807, 2.05) is 24.3 Å². The third kappa shape index (κ3) is 4.43. The van der Waals surface area contributed by atoms with E-state index in [2.05, 4.69) is 30.0 Å². The molecule has 6 rings (SSSR count). The molecule has 0 bridgehead atoms. The Morgan fingerprint density at radius 2 is 1.82 bits per heavy atom. The fraction of sp³-hybridized carbons (Fsp3) is 0.0400. The molecule has 0 amide bonds. The molecule has 39 heavy (non-hydrogen) atoms. The summed E-state index contributed by atoms with van der Waals surface area (Å²) >= 11 is 6.88. The van der Waals surface area contributed by atoms with Crippen LogP contribution in [0.5, 0.6) is 0 Å². The number of sulfonamides is 1. The predicted octanol–water partition coefficient (Wildman–Crippen LogP) is 6.21. The number of hydrogen-bond donors (Lipinski definition) is 2. The molecule has 0 saturated carbocycles. The van der Waals surface area contributed by atoms with E-state index in [1.54, 1.807) is 23.0 Å². The Kier molecular flexibility index (Phi) is 6.13. The second kappa shape index (κ2) is 9.52. The maximum absolute atomic E-state index is 15.5. The molecule has 0 aliphatic heterocycles. The monoisotopic (exact) mass is 583 g/mol. The lowest BCUT2D eigenvalue weighted by Gasteiger charge is -2.14. The topological polar surface area (TPSA) is 115 Å². The summed E-state index contributed by atoms with van der Waals surface area (Å²) in [7, 11) is -4.18. The van der Waals surface area contributed by atoms with Crippen LogP contribution in [0.25, 0.3) is 27.9 Å². The zero-order valence-corrected chi connectivity index (χ0v) is 22.2. The van der Waals surface area contributed by atoms with Gasteiger partial charge in [0.1, 0.15) is 39.7 Å². The van der Waals surface area contributed by atoms with Crippen molar-refractivity contribution in [1.82, 2.24) is 24.5 Å². The number of benzene rings is 2. The Bertz CT molecular complexity index is 2010. The lowest BCUT2D eigenvalue weighted by molar-refractivity contribution is 0.589. The first-order chi connectivity index (χ1) is 18.7. The number of anilines is 3. The third-order valence-electron chi connectivity index (χ3n) is 5.92. The summed E-state index contributed by atoms with van der Waals surface area (Å²) in [4.78, 5) is 17.3. The fourth-order valence-electron chi connectivity index (χ4n) is 4.00.